The number of aromatic nitrogens is 2. The standard InChI is InChI=1S/C35H32F4N4O4/c1-19-16-41-13-12-24(19)25-14-21(6-11-27(25)47-23-9-10-23)31(44)42-17-34(3,35(37,38)39)28-15-26-30(46-18-33(26,2)32(40)45)29(43-28)20-4-7-22(36)8-5-20/h4-8,11-16,23H,9-10,17-18H2,1-3H3,(H2,40,45)(H,42,44)/t33-,34+/m0/s1. The lowest BCUT2D eigenvalue weighted by atomic mass is 9.79. The van der Waals surface area contributed by atoms with Gasteiger partial charge in [0.1, 0.15) is 40.4 Å². The molecule has 1 saturated carbocycles. The molecule has 0 spiro atoms. The van der Waals surface area contributed by atoms with E-state index in [1.165, 1.54) is 25.1 Å². The normalized spacial score (nSPS) is 18.5. The van der Waals surface area contributed by atoms with Gasteiger partial charge in [-0.25, -0.2) is 9.37 Å². The number of rotatable bonds is 9. The highest BCUT2D eigenvalue weighted by Crippen LogP contribution is 2.48. The largest absolute Gasteiger partial charge is 0.490 e. The Bertz CT molecular complexity index is 1880. The minimum atomic E-state index is -4.91. The zero-order valence-electron chi connectivity index (χ0n) is 25.9. The Balaban J connectivity index is 1.38. The van der Waals surface area contributed by atoms with Crippen LogP contribution in [0.2, 0.25) is 0 Å². The lowest BCUT2D eigenvalue weighted by Crippen LogP contribution is -2.49. The first kappa shape index (κ1) is 32.0. The number of aryl methyl sites for hydroxylation is 1. The third-order valence-corrected chi connectivity index (χ3v) is 8.90. The molecule has 2 amide bonds. The number of nitrogens with two attached hydrogens (primary N) is 1. The Kier molecular flexibility index (Phi) is 7.93. The van der Waals surface area contributed by atoms with Crippen molar-refractivity contribution in [3.8, 4) is 33.9 Å². The van der Waals surface area contributed by atoms with E-state index in [1.807, 2.05) is 6.92 Å². The van der Waals surface area contributed by atoms with Crippen LogP contribution in [0.3, 0.4) is 0 Å². The van der Waals surface area contributed by atoms with Crippen LogP contribution < -0.4 is 20.5 Å². The molecule has 244 valence electrons. The van der Waals surface area contributed by atoms with Crippen molar-refractivity contribution in [2.75, 3.05) is 13.2 Å². The highest BCUT2D eigenvalue weighted by Gasteiger charge is 2.55. The average molecular weight is 649 g/mol. The molecule has 1 aliphatic carbocycles. The van der Waals surface area contributed by atoms with E-state index >= 15 is 13.2 Å². The molecular formula is C35H32F4N4O4. The lowest BCUT2D eigenvalue weighted by molar-refractivity contribution is -0.184. The van der Waals surface area contributed by atoms with Crippen LogP contribution >= 0.6 is 0 Å². The number of hydrogen-bond donors (Lipinski definition) is 2. The number of amides is 2. The molecule has 0 radical (unpaired) electrons. The Morgan fingerprint density at radius 1 is 1.09 bits per heavy atom. The molecule has 12 heteroatoms. The van der Waals surface area contributed by atoms with E-state index in [9.17, 15) is 14.0 Å². The van der Waals surface area contributed by atoms with E-state index in [0.717, 1.165) is 49.1 Å². The van der Waals surface area contributed by atoms with Gasteiger partial charge in [-0.1, -0.05) is 0 Å². The minimum Gasteiger partial charge on any atom is -0.490 e. The maximum Gasteiger partial charge on any atom is 0.401 e. The van der Waals surface area contributed by atoms with Crippen LogP contribution in [0, 0.1) is 12.7 Å². The number of fused-ring (bicyclic) bond motifs is 1. The Labute approximate surface area is 268 Å². The molecule has 0 bridgehead atoms. The zero-order chi connectivity index (χ0) is 33.7. The van der Waals surface area contributed by atoms with Gasteiger partial charge >= 0.3 is 6.18 Å². The second-order valence-corrected chi connectivity index (χ2v) is 12.5. The van der Waals surface area contributed by atoms with Crippen molar-refractivity contribution in [1.82, 2.24) is 15.3 Å². The van der Waals surface area contributed by atoms with Gasteiger partial charge in [0, 0.05) is 41.2 Å². The zero-order valence-corrected chi connectivity index (χ0v) is 25.9. The fraction of sp³-hybridized carbons (Fsp3) is 0.314. The van der Waals surface area contributed by atoms with Gasteiger partial charge in [0.15, 0.2) is 0 Å². The summed E-state index contributed by atoms with van der Waals surface area (Å²) in [5.41, 5.74) is 3.80. The molecule has 0 unspecified atom stereocenters. The molecule has 1 fully saturated rings. The third kappa shape index (κ3) is 5.88. The summed E-state index contributed by atoms with van der Waals surface area (Å²) in [6.45, 7) is 3.16. The first-order valence-corrected chi connectivity index (χ1v) is 15.0. The van der Waals surface area contributed by atoms with Gasteiger partial charge in [-0.3, -0.25) is 14.6 Å². The highest BCUT2D eigenvalue weighted by atomic mass is 19.4. The van der Waals surface area contributed by atoms with Crippen LogP contribution in [0.5, 0.6) is 11.5 Å². The Morgan fingerprint density at radius 2 is 1.81 bits per heavy atom. The predicted molar refractivity (Wildman–Crippen MR) is 165 cm³/mol. The van der Waals surface area contributed by atoms with E-state index in [2.05, 4.69) is 15.3 Å². The van der Waals surface area contributed by atoms with Gasteiger partial charge in [0.05, 0.1) is 11.8 Å². The highest BCUT2D eigenvalue weighted by molar-refractivity contribution is 5.96. The third-order valence-electron chi connectivity index (χ3n) is 8.90. The van der Waals surface area contributed by atoms with Crippen LogP contribution in [0.25, 0.3) is 22.4 Å². The number of carbonyl (C=O) groups excluding carboxylic acids is 2. The Hall–Kier alpha value is -5.00. The van der Waals surface area contributed by atoms with Crippen LogP contribution in [-0.2, 0) is 15.6 Å². The molecule has 47 heavy (non-hydrogen) atoms. The van der Waals surface area contributed by atoms with E-state index in [-0.39, 0.29) is 40.8 Å². The monoisotopic (exact) mass is 648 g/mol. The van der Waals surface area contributed by atoms with Crippen molar-refractivity contribution in [2.45, 2.75) is 56.7 Å². The van der Waals surface area contributed by atoms with Gasteiger partial charge in [0.25, 0.3) is 5.91 Å². The van der Waals surface area contributed by atoms with Gasteiger partial charge < -0.3 is 20.5 Å². The maximum absolute atomic E-state index is 15.1. The number of nitrogens with zero attached hydrogens (tertiary/aromatic N) is 2. The summed E-state index contributed by atoms with van der Waals surface area (Å²) in [7, 11) is 0. The van der Waals surface area contributed by atoms with Crippen LogP contribution in [0.4, 0.5) is 17.6 Å². The van der Waals surface area contributed by atoms with Gasteiger partial charge in [0.2, 0.25) is 5.91 Å². The SMILES string of the molecule is Cc1cnccc1-c1cc(C(=O)NC[C@](C)(c2cc3c(c(-c4ccc(F)cc4)n2)OC[C@]3(C)C(N)=O)C(F)(F)F)ccc1OC1CC1. The first-order valence-electron chi connectivity index (χ1n) is 15.0. The van der Waals surface area contributed by atoms with Gasteiger partial charge in [-0.15, -0.1) is 0 Å². The van der Waals surface area contributed by atoms with E-state index in [0.29, 0.717) is 11.3 Å². The predicted octanol–water partition coefficient (Wildman–Crippen LogP) is 6.18. The molecule has 6 rings (SSSR count). The van der Waals surface area contributed by atoms with Crippen LogP contribution in [0.15, 0.2) is 67.0 Å². The molecule has 2 aromatic heterocycles. The number of primary amides is 1. The average Bonchev–Trinajstić information content (AvgIpc) is 3.79. The summed E-state index contributed by atoms with van der Waals surface area (Å²) in [5, 5.41) is 2.46. The molecule has 4 aromatic rings. The number of ether oxygens (including phenoxy) is 2. The molecule has 2 atom stereocenters. The molecular weight excluding hydrogens is 616 g/mol. The van der Waals surface area contributed by atoms with E-state index < -0.39 is 46.9 Å². The first-order chi connectivity index (χ1) is 22.2. The number of hydrogen-bond acceptors (Lipinski definition) is 6. The topological polar surface area (TPSA) is 116 Å². The quantitative estimate of drug-likeness (QED) is 0.209. The van der Waals surface area contributed by atoms with Crippen molar-refractivity contribution in [1.29, 1.82) is 0 Å². The minimum absolute atomic E-state index is 0.00658. The van der Waals surface area contributed by atoms with Crippen molar-refractivity contribution in [3.05, 3.63) is 95.2 Å². The second kappa shape index (κ2) is 11.7. The molecule has 2 aliphatic rings. The van der Waals surface area contributed by atoms with Crippen molar-refractivity contribution < 1.29 is 36.6 Å². The Morgan fingerprint density at radius 3 is 2.45 bits per heavy atom. The van der Waals surface area contributed by atoms with Gasteiger partial charge in [-0.05, 0) is 99.3 Å². The van der Waals surface area contributed by atoms with Crippen molar-refractivity contribution >= 4 is 11.8 Å². The second-order valence-electron chi connectivity index (χ2n) is 12.5. The molecule has 3 N–H and O–H groups in total. The maximum atomic E-state index is 15.1. The summed E-state index contributed by atoms with van der Waals surface area (Å²) in [4.78, 5) is 34.5. The molecule has 0 saturated heterocycles. The van der Waals surface area contributed by atoms with Crippen molar-refractivity contribution in [2.24, 2.45) is 5.73 Å². The van der Waals surface area contributed by atoms with Crippen molar-refractivity contribution in [3.63, 3.8) is 0 Å². The molecule has 1 aliphatic heterocycles. The summed E-state index contributed by atoms with van der Waals surface area (Å²) in [6.07, 6.45) is 0.281. The molecule has 8 nitrogen and oxygen atoms in total. The van der Waals surface area contributed by atoms with E-state index in [4.69, 9.17) is 15.2 Å². The summed E-state index contributed by atoms with van der Waals surface area (Å²) in [5.74, 6) is -1.44. The van der Waals surface area contributed by atoms with Gasteiger partial charge in [-0.2, -0.15) is 13.2 Å². The number of nitrogens with one attached hydrogen (secondary N) is 1. The number of benzene rings is 2. The summed E-state index contributed by atoms with van der Waals surface area (Å²) < 4.78 is 70.8. The fourth-order valence-electron chi connectivity index (χ4n) is 5.49. The number of pyridine rings is 2. The summed E-state index contributed by atoms with van der Waals surface area (Å²) in [6, 6.07) is 12.7. The number of halogens is 4. The lowest BCUT2D eigenvalue weighted by Gasteiger charge is -2.33. The summed E-state index contributed by atoms with van der Waals surface area (Å²) >= 11 is 0. The smallest absolute Gasteiger partial charge is 0.401 e. The van der Waals surface area contributed by atoms with Crippen LogP contribution in [0.1, 0.15) is 53.9 Å². The number of carbonyl (C=O) groups is 2. The van der Waals surface area contributed by atoms with Crippen LogP contribution in [-0.4, -0.2) is 47.2 Å². The molecule has 2 aromatic carbocycles. The fourth-order valence-corrected chi connectivity index (χ4v) is 5.49. The van der Waals surface area contributed by atoms with E-state index in [1.54, 1.807) is 30.6 Å². The molecule has 3 heterocycles. The number of alkyl halides is 3.